The van der Waals surface area contributed by atoms with E-state index in [1.165, 1.54) is 4.90 Å². The highest BCUT2D eigenvalue weighted by Gasteiger charge is 2.47. The molecule has 1 aromatic rings. The second-order valence-corrected chi connectivity index (χ2v) is 6.48. The number of amides is 2. The minimum absolute atomic E-state index is 0.143. The van der Waals surface area contributed by atoms with Crippen LogP contribution in [-0.4, -0.2) is 43.5 Å². The van der Waals surface area contributed by atoms with E-state index < -0.39 is 17.9 Å². The minimum atomic E-state index is -1.03. The Morgan fingerprint density at radius 3 is 2.60 bits per heavy atom. The molecule has 0 aliphatic carbocycles. The van der Waals surface area contributed by atoms with E-state index in [0.717, 1.165) is 4.90 Å². The van der Waals surface area contributed by atoms with Crippen LogP contribution in [0, 0.1) is 5.92 Å². The molecule has 2 aliphatic heterocycles. The van der Waals surface area contributed by atoms with Crippen LogP contribution in [0.4, 0.5) is 5.69 Å². The normalized spacial score (nSPS) is 26.8. The van der Waals surface area contributed by atoms with E-state index in [1.54, 1.807) is 24.3 Å². The Kier molecular flexibility index (Phi) is 5.03. The van der Waals surface area contributed by atoms with Crippen LogP contribution in [0.25, 0.3) is 0 Å². The van der Waals surface area contributed by atoms with Crippen molar-refractivity contribution in [2.24, 2.45) is 5.92 Å². The largest absolute Gasteiger partial charge is 0.550 e. The Bertz CT molecular complexity index is 682. The number of hydrogen-bond donors (Lipinski definition) is 1. The third kappa shape index (κ3) is 3.37. The number of imide groups is 1. The maximum Gasteiger partial charge on any atom is 0.292 e. The molecule has 0 bridgehead atoms. The number of aliphatic carboxylic acids is 1. The van der Waals surface area contributed by atoms with E-state index in [1.807, 2.05) is 6.92 Å². The van der Waals surface area contributed by atoms with Crippen LogP contribution in [0.5, 0.6) is 5.75 Å². The molecule has 0 unspecified atom stereocenters. The van der Waals surface area contributed by atoms with Gasteiger partial charge in [-0.25, -0.2) is 4.90 Å². The van der Waals surface area contributed by atoms with Gasteiger partial charge in [-0.3, -0.25) is 9.59 Å². The molecule has 1 N–H and O–H groups in total. The van der Waals surface area contributed by atoms with Crippen molar-refractivity contribution >= 4 is 23.5 Å². The summed E-state index contributed by atoms with van der Waals surface area (Å²) in [6, 6.07) is 6.56. The zero-order valence-electron chi connectivity index (χ0n) is 14.2. The first-order chi connectivity index (χ1) is 12.0. The van der Waals surface area contributed by atoms with Gasteiger partial charge in [0.2, 0.25) is 5.91 Å². The van der Waals surface area contributed by atoms with Crippen molar-refractivity contribution in [1.82, 2.24) is 0 Å². The lowest BCUT2D eigenvalue weighted by Gasteiger charge is -2.32. The van der Waals surface area contributed by atoms with Crippen molar-refractivity contribution in [2.45, 2.75) is 32.2 Å². The molecule has 134 valence electrons. The molecule has 2 heterocycles. The highest BCUT2D eigenvalue weighted by atomic mass is 16.5. The molecule has 25 heavy (non-hydrogen) atoms. The lowest BCUT2D eigenvalue weighted by molar-refractivity contribution is -0.920. The van der Waals surface area contributed by atoms with Gasteiger partial charge in [-0.2, -0.15) is 0 Å². The Morgan fingerprint density at radius 1 is 1.28 bits per heavy atom. The van der Waals surface area contributed by atoms with Crippen molar-refractivity contribution < 1.29 is 29.1 Å². The zero-order chi connectivity index (χ0) is 18.0. The summed E-state index contributed by atoms with van der Waals surface area (Å²) in [5.41, 5.74) is 0.478. The van der Waals surface area contributed by atoms with Crippen LogP contribution >= 0.6 is 0 Å². The molecular weight excluding hydrogens is 324 g/mol. The summed E-state index contributed by atoms with van der Waals surface area (Å²) >= 11 is 0. The average Bonchev–Trinajstić information content (AvgIpc) is 2.90. The van der Waals surface area contributed by atoms with Crippen LogP contribution in [0.3, 0.4) is 0 Å². The van der Waals surface area contributed by atoms with E-state index >= 15 is 0 Å². The Hall–Kier alpha value is -2.41. The molecule has 0 spiro atoms. The number of carboxylic acid groups (broad SMARTS) is 1. The van der Waals surface area contributed by atoms with Crippen molar-refractivity contribution in [3.8, 4) is 5.75 Å². The summed E-state index contributed by atoms with van der Waals surface area (Å²) in [6.07, 6.45) is 1.10. The van der Waals surface area contributed by atoms with Crippen LogP contribution in [-0.2, 0) is 14.4 Å². The quantitative estimate of drug-likeness (QED) is 0.674. The van der Waals surface area contributed by atoms with Gasteiger partial charge in [-0.05, 0) is 19.1 Å². The predicted molar refractivity (Wildman–Crippen MR) is 86.9 cm³/mol. The number of rotatable bonds is 5. The summed E-state index contributed by atoms with van der Waals surface area (Å²) in [4.78, 5) is 38.6. The fourth-order valence-electron chi connectivity index (χ4n) is 3.70. The molecule has 2 aliphatic rings. The monoisotopic (exact) mass is 346 g/mol. The standard InChI is InChI=1S/C18H22N2O5/c1-2-25-15-6-4-3-5-13(15)20-16(21)11-14(17(20)22)19-9-7-12(8-10-19)18(23)24/h3-6,12,14H,2,7-11H2,1H3,(H,23,24)/t14-/m0/s1. The van der Waals surface area contributed by atoms with Gasteiger partial charge in [-0.1, -0.05) is 12.1 Å². The Labute approximate surface area is 146 Å². The molecule has 0 aromatic heterocycles. The number of nitrogens with one attached hydrogen (secondary N) is 1. The Balaban J connectivity index is 1.76. The number of piperidine rings is 1. The van der Waals surface area contributed by atoms with Gasteiger partial charge in [0.15, 0.2) is 6.04 Å². The van der Waals surface area contributed by atoms with Gasteiger partial charge in [0.05, 0.1) is 31.8 Å². The molecule has 1 atom stereocenters. The van der Waals surface area contributed by atoms with E-state index in [-0.39, 0.29) is 18.2 Å². The second kappa shape index (κ2) is 7.23. The van der Waals surface area contributed by atoms with Crippen LogP contribution < -0.4 is 19.6 Å². The maximum absolute atomic E-state index is 12.9. The number of carbonyl (C=O) groups excluding carboxylic acids is 3. The van der Waals surface area contributed by atoms with Crippen LogP contribution in [0.15, 0.2) is 24.3 Å². The second-order valence-electron chi connectivity index (χ2n) is 6.48. The van der Waals surface area contributed by atoms with Gasteiger partial charge in [-0.15, -0.1) is 0 Å². The summed E-state index contributed by atoms with van der Waals surface area (Å²) in [5.74, 6) is -1.44. The smallest absolute Gasteiger partial charge is 0.292 e. The van der Waals surface area contributed by atoms with Gasteiger partial charge < -0.3 is 19.5 Å². The fraction of sp³-hybridized carbons (Fsp3) is 0.500. The molecule has 7 nitrogen and oxygen atoms in total. The first-order valence-corrected chi connectivity index (χ1v) is 8.67. The molecule has 0 saturated carbocycles. The number of hydrogen-bond acceptors (Lipinski definition) is 5. The number of carboxylic acids is 1. The zero-order valence-corrected chi connectivity index (χ0v) is 14.2. The number of benzene rings is 1. The molecule has 2 fully saturated rings. The lowest BCUT2D eigenvalue weighted by Crippen LogP contribution is -3.17. The molecule has 1 aromatic carbocycles. The molecule has 2 amide bonds. The van der Waals surface area contributed by atoms with E-state index in [4.69, 9.17) is 4.74 Å². The summed E-state index contributed by atoms with van der Waals surface area (Å²) in [5, 5.41) is 11.0. The third-order valence-electron chi connectivity index (χ3n) is 5.01. The first-order valence-electron chi connectivity index (χ1n) is 8.67. The number of nitrogens with zero attached hydrogens (tertiary/aromatic N) is 1. The average molecular weight is 346 g/mol. The summed E-state index contributed by atoms with van der Waals surface area (Å²) < 4.78 is 5.54. The number of ether oxygens (including phenoxy) is 1. The third-order valence-corrected chi connectivity index (χ3v) is 5.01. The highest BCUT2D eigenvalue weighted by molar-refractivity contribution is 6.22. The first kappa shape index (κ1) is 17.4. The van der Waals surface area contributed by atoms with Crippen LogP contribution in [0.2, 0.25) is 0 Å². The molecule has 7 heteroatoms. The number of carbonyl (C=O) groups is 3. The minimum Gasteiger partial charge on any atom is -0.550 e. The van der Waals surface area contributed by atoms with Crippen LogP contribution in [0.1, 0.15) is 26.2 Å². The van der Waals surface area contributed by atoms with Gasteiger partial charge in [0.25, 0.3) is 5.91 Å². The topological polar surface area (TPSA) is 91.2 Å². The maximum atomic E-state index is 12.9. The molecule has 3 rings (SSSR count). The molecular formula is C18H22N2O5. The molecule has 2 saturated heterocycles. The van der Waals surface area contributed by atoms with Gasteiger partial charge in [0.1, 0.15) is 5.75 Å². The van der Waals surface area contributed by atoms with Crippen molar-refractivity contribution in [3.63, 3.8) is 0 Å². The number of para-hydroxylation sites is 2. The fourth-order valence-corrected chi connectivity index (χ4v) is 3.70. The Morgan fingerprint density at radius 2 is 1.96 bits per heavy atom. The number of quaternary nitrogens is 1. The van der Waals surface area contributed by atoms with Crippen molar-refractivity contribution in [2.75, 3.05) is 24.6 Å². The van der Waals surface area contributed by atoms with E-state index in [2.05, 4.69) is 0 Å². The SMILES string of the molecule is CCOc1ccccc1N1C(=O)C[C@H]([NH+]2CCC(C(=O)[O-])CC2)C1=O. The molecule has 0 radical (unpaired) electrons. The van der Waals surface area contributed by atoms with Gasteiger partial charge >= 0.3 is 0 Å². The number of anilines is 1. The van der Waals surface area contributed by atoms with Crippen molar-refractivity contribution in [3.05, 3.63) is 24.3 Å². The van der Waals surface area contributed by atoms with E-state index in [0.29, 0.717) is 44.0 Å². The summed E-state index contributed by atoms with van der Waals surface area (Å²) in [6.45, 7) is 3.41. The predicted octanol–water partition coefficient (Wildman–Crippen LogP) is -1.24. The van der Waals surface area contributed by atoms with Gasteiger partial charge in [0, 0.05) is 24.7 Å². The lowest BCUT2D eigenvalue weighted by atomic mass is 9.96. The van der Waals surface area contributed by atoms with Crippen molar-refractivity contribution in [1.29, 1.82) is 0 Å². The number of likely N-dealkylation sites (tertiary alicyclic amines) is 1. The highest BCUT2D eigenvalue weighted by Crippen LogP contribution is 2.31. The van der Waals surface area contributed by atoms with E-state index in [9.17, 15) is 19.5 Å². The summed E-state index contributed by atoms with van der Waals surface area (Å²) in [7, 11) is 0.